The largest absolute Gasteiger partial charge is 0.478 e. The quantitative estimate of drug-likeness (QED) is 0.780. The van der Waals surface area contributed by atoms with Crippen LogP contribution in [0.15, 0.2) is 29.2 Å². The Bertz CT molecular complexity index is 640. The second-order valence-electron chi connectivity index (χ2n) is 4.54. The van der Waals surface area contributed by atoms with Gasteiger partial charge in [0, 0.05) is 13.6 Å². The van der Waals surface area contributed by atoms with E-state index < -0.39 is 27.9 Å². The Morgan fingerprint density at radius 1 is 1.38 bits per heavy atom. The molecule has 1 N–H and O–H groups in total. The molecule has 0 aliphatic heterocycles. The molecule has 0 aliphatic carbocycles. The number of carboxylic acids is 1. The zero-order chi connectivity index (χ0) is 16.2. The molecule has 0 aliphatic rings. The van der Waals surface area contributed by atoms with Gasteiger partial charge in [0.05, 0.1) is 23.5 Å². The Balaban J connectivity index is 3.02. The van der Waals surface area contributed by atoms with E-state index in [-0.39, 0.29) is 17.0 Å². The highest BCUT2D eigenvalue weighted by molar-refractivity contribution is 7.89. The van der Waals surface area contributed by atoms with Crippen molar-refractivity contribution in [2.45, 2.75) is 11.8 Å². The maximum Gasteiger partial charge on any atom is 0.335 e. The normalized spacial score (nSPS) is 13.0. The number of esters is 1. The van der Waals surface area contributed by atoms with Crippen LogP contribution < -0.4 is 0 Å². The van der Waals surface area contributed by atoms with Gasteiger partial charge in [-0.3, -0.25) is 4.79 Å². The van der Waals surface area contributed by atoms with E-state index in [2.05, 4.69) is 4.74 Å². The van der Waals surface area contributed by atoms with Gasteiger partial charge in [0.25, 0.3) is 0 Å². The number of rotatable bonds is 6. The smallest absolute Gasteiger partial charge is 0.335 e. The number of carbonyl (C=O) groups is 2. The SMILES string of the molecule is COC(=O)C(C)CN(C)S(=O)(=O)c1cccc(C(=O)O)c1. The van der Waals surface area contributed by atoms with Crippen LogP contribution in [0.4, 0.5) is 0 Å². The summed E-state index contributed by atoms with van der Waals surface area (Å²) in [6.07, 6.45) is 0. The van der Waals surface area contributed by atoms with Crippen LogP contribution in [-0.2, 0) is 19.6 Å². The molecule has 7 nitrogen and oxygen atoms in total. The van der Waals surface area contributed by atoms with Crippen molar-refractivity contribution in [1.29, 1.82) is 0 Å². The van der Waals surface area contributed by atoms with E-state index >= 15 is 0 Å². The molecule has 1 unspecified atom stereocenters. The Hall–Kier alpha value is -1.93. The minimum atomic E-state index is -3.87. The summed E-state index contributed by atoms with van der Waals surface area (Å²) in [7, 11) is -1.32. The predicted octanol–water partition coefficient (Wildman–Crippen LogP) is 0.814. The maximum atomic E-state index is 12.3. The fourth-order valence-electron chi connectivity index (χ4n) is 1.73. The number of benzene rings is 1. The molecule has 1 aromatic carbocycles. The summed E-state index contributed by atoms with van der Waals surface area (Å²) < 4.78 is 30.2. The molecule has 0 heterocycles. The first-order valence-electron chi connectivity index (χ1n) is 6.07. The molecule has 0 spiro atoms. The van der Waals surface area contributed by atoms with E-state index in [4.69, 9.17) is 5.11 Å². The number of nitrogens with zero attached hydrogens (tertiary/aromatic N) is 1. The molecule has 1 aromatic rings. The number of hydrogen-bond donors (Lipinski definition) is 1. The van der Waals surface area contributed by atoms with Crippen LogP contribution >= 0.6 is 0 Å². The Morgan fingerprint density at radius 3 is 2.52 bits per heavy atom. The molecule has 0 saturated heterocycles. The molecule has 0 aromatic heterocycles. The van der Waals surface area contributed by atoms with Crippen molar-refractivity contribution in [2.24, 2.45) is 5.92 Å². The van der Waals surface area contributed by atoms with Gasteiger partial charge in [-0.05, 0) is 18.2 Å². The molecule has 0 bridgehead atoms. The van der Waals surface area contributed by atoms with Crippen LogP contribution in [0, 0.1) is 5.92 Å². The topological polar surface area (TPSA) is 101 Å². The lowest BCUT2D eigenvalue weighted by Crippen LogP contribution is -2.34. The molecule has 8 heteroatoms. The minimum Gasteiger partial charge on any atom is -0.478 e. The Labute approximate surface area is 123 Å². The lowest BCUT2D eigenvalue weighted by molar-refractivity contribution is -0.144. The van der Waals surface area contributed by atoms with Crippen molar-refractivity contribution < 1.29 is 27.9 Å². The molecule has 116 valence electrons. The average molecular weight is 315 g/mol. The summed E-state index contributed by atoms with van der Waals surface area (Å²) in [5.41, 5.74) is -0.120. The fourth-order valence-corrected chi connectivity index (χ4v) is 3.04. The van der Waals surface area contributed by atoms with E-state index in [9.17, 15) is 18.0 Å². The van der Waals surface area contributed by atoms with Gasteiger partial charge in [-0.1, -0.05) is 13.0 Å². The summed E-state index contributed by atoms with van der Waals surface area (Å²) in [6, 6.07) is 5.05. The molecule has 0 saturated carbocycles. The van der Waals surface area contributed by atoms with E-state index in [0.29, 0.717) is 0 Å². The van der Waals surface area contributed by atoms with Crippen LogP contribution in [0.25, 0.3) is 0 Å². The van der Waals surface area contributed by atoms with Crippen LogP contribution in [-0.4, -0.2) is 50.5 Å². The summed E-state index contributed by atoms with van der Waals surface area (Å²) in [6.45, 7) is 1.48. The molecule has 0 amide bonds. The van der Waals surface area contributed by atoms with Crippen molar-refractivity contribution in [3.8, 4) is 0 Å². The highest BCUT2D eigenvalue weighted by atomic mass is 32.2. The number of sulfonamides is 1. The van der Waals surface area contributed by atoms with Crippen molar-refractivity contribution in [1.82, 2.24) is 4.31 Å². The van der Waals surface area contributed by atoms with Gasteiger partial charge in [-0.25, -0.2) is 17.5 Å². The summed E-state index contributed by atoms with van der Waals surface area (Å²) in [5.74, 6) is -2.36. The van der Waals surface area contributed by atoms with Gasteiger partial charge in [0.2, 0.25) is 10.0 Å². The predicted molar refractivity (Wildman–Crippen MR) is 74.4 cm³/mol. The van der Waals surface area contributed by atoms with Gasteiger partial charge >= 0.3 is 11.9 Å². The number of carbonyl (C=O) groups excluding carboxylic acids is 1. The van der Waals surface area contributed by atoms with Crippen molar-refractivity contribution in [3.63, 3.8) is 0 Å². The van der Waals surface area contributed by atoms with E-state index in [1.807, 2.05) is 0 Å². The lowest BCUT2D eigenvalue weighted by atomic mass is 10.2. The molecule has 1 rings (SSSR count). The summed E-state index contributed by atoms with van der Waals surface area (Å²) in [5, 5.41) is 8.89. The number of methoxy groups -OCH3 is 1. The van der Waals surface area contributed by atoms with E-state index in [1.165, 1.54) is 32.4 Å². The van der Waals surface area contributed by atoms with Crippen LogP contribution in [0.2, 0.25) is 0 Å². The molecule has 1 atom stereocenters. The highest BCUT2D eigenvalue weighted by Crippen LogP contribution is 2.17. The maximum absolute atomic E-state index is 12.3. The summed E-state index contributed by atoms with van der Waals surface area (Å²) >= 11 is 0. The zero-order valence-electron chi connectivity index (χ0n) is 11.9. The summed E-state index contributed by atoms with van der Waals surface area (Å²) in [4.78, 5) is 22.1. The fraction of sp³-hybridized carbons (Fsp3) is 0.385. The molecule has 0 radical (unpaired) electrons. The molecular weight excluding hydrogens is 298 g/mol. The number of ether oxygens (including phenoxy) is 1. The average Bonchev–Trinajstić information content (AvgIpc) is 2.46. The van der Waals surface area contributed by atoms with Crippen molar-refractivity contribution in [2.75, 3.05) is 20.7 Å². The first-order chi connectivity index (χ1) is 9.70. The van der Waals surface area contributed by atoms with Gasteiger partial charge in [0.15, 0.2) is 0 Å². The van der Waals surface area contributed by atoms with Gasteiger partial charge in [-0.2, -0.15) is 0 Å². The second-order valence-corrected chi connectivity index (χ2v) is 6.59. The molecule has 21 heavy (non-hydrogen) atoms. The number of hydrogen-bond acceptors (Lipinski definition) is 5. The minimum absolute atomic E-state index is 0.0632. The van der Waals surface area contributed by atoms with Crippen LogP contribution in [0.5, 0.6) is 0 Å². The first-order valence-corrected chi connectivity index (χ1v) is 7.51. The molecular formula is C13H17NO6S. The van der Waals surface area contributed by atoms with E-state index in [1.54, 1.807) is 6.92 Å². The van der Waals surface area contributed by atoms with Crippen LogP contribution in [0.3, 0.4) is 0 Å². The number of aromatic carboxylic acids is 1. The van der Waals surface area contributed by atoms with Crippen molar-refractivity contribution in [3.05, 3.63) is 29.8 Å². The second kappa shape index (κ2) is 6.68. The standard InChI is InChI=1S/C13H17NO6S/c1-9(13(17)20-3)8-14(2)21(18,19)11-6-4-5-10(7-11)12(15)16/h4-7,9H,8H2,1-3H3,(H,15,16). The monoisotopic (exact) mass is 315 g/mol. The van der Waals surface area contributed by atoms with Gasteiger partial charge in [0.1, 0.15) is 0 Å². The first kappa shape index (κ1) is 17.1. The third-order valence-electron chi connectivity index (χ3n) is 2.92. The highest BCUT2D eigenvalue weighted by Gasteiger charge is 2.26. The van der Waals surface area contributed by atoms with E-state index in [0.717, 1.165) is 10.4 Å². The Morgan fingerprint density at radius 2 is 2.00 bits per heavy atom. The van der Waals surface area contributed by atoms with Crippen LogP contribution in [0.1, 0.15) is 17.3 Å². The zero-order valence-corrected chi connectivity index (χ0v) is 12.8. The number of carboxylic acid groups (broad SMARTS) is 1. The Kier molecular flexibility index (Phi) is 5.45. The third kappa shape index (κ3) is 4.02. The van der Waals surface area contributed by atoms with Gasteiger partial charge in [-0.15, -0.1) is 0 Å². The third-order valence-corrected chi connectivity index (χ3v) is 4.74. The lowest BCUT2D eigenvalue weighted by Gasteiger charge is -2.20. The molecule has 0 fully saturated rings. The van der Waals surface area contributed by atoms with Crippen molar-refractivity contribution >= 4 is 22.0 Å². The van der Waals surface area contributed by atoms with Gasteiger partial charge < -0.3 is 9.84 Å².